The Bertz CT molecular complexity index is 661. The lowest BCUT2D eigenvalue weighted by Crippen LogP contribution is -2.35. The molecule has 0 amide bonds. The first-order valence-corrected chi connectivity index (χ1v) is 7.82. The fourth-order valence-electron chi connectivity index (χ4n) is 3.60. The number of ketones is 2. The molecular weight excluding hydrogens is 272 g/mol. The second kappa shape index (κ2) is 6.27. The van der Waals surface area contributed by atoms with E-state index < -0.39 is 0 Å². The molecule has 2 aromatic rings. The Hall–Kier alpha value is -2.22. The fourth-order valence-corrected chi connectivity index (χ4v) is 3.60. The van der Waals surface area contributed by atoms with Crippen molar-refractivity contribution in [3.63, 3.8) is 0 Å². The highest BCUT2D eigenvalue weighted by molar-refractivity contribution is 6.00. The minimum atomic E-state index is -0.123. The van der Waals surface area contributed by atoms with E-state index in [0.717, 1.165) is 11.1 Å². The molecule has 22 heavy (non-hydrogen) atoms. The highest BCUT2D eigenvalue weighted by Gasteiger charge is 2.40. The van der Waals surface area contributed by atoms with Gasteiger partial charge in [0, 0.05) is 30.2 Å². The lowest BCUT2D eigenvalue weighted by molar-refractivity contribution is -0.122. The van der Waals surface area contributed by atoms with Crippen LogP contribution >= 0.6 is 0 Å². The van der Waals surface area contributed by atoms with Gasteiger partial charge in [-0.2, -0.15) is 0 Å². The number of Topliss-reactive ketones (excluding diaryl/α,β-unsaturated/α-hetero) is 2. The number of benzene rings is 2. The van der Waals surface area contributed by atoms with Gasteiger partial charge in [0.15, 0.2) is 5.78 Å². The van der Waals surface area contributed by atoms with E-state index >= 15 is 0 Å². The third-order valence-corrected chi connectivity index (χ3v) is 4.63. The van der Waals surface area contributed by atoms with E-state index in [4.69, 9.17) is 0 Å². The van der Waals surface area contributed by atoms with Crippen LogP contribution in [0.4, 0.5) is 0 Å². The van der Waals surface area contributed by atoms with Crippen molar-refractivity contribution in [2.45, 2.75) is 25.7 Å². The molecule has 0 spiro atoms. The standard InChI is InChI=1S/C20H20O2/c1-14-12-17(21)13-18(15-8-4-2-5-9-15)19(14)20(22)16-10-6-3-7-11-16/h2-11,14,18-19H,12-13H2,1H3. The second-order valence-corrected chi connectivity index (χ2v) is 6.20. The Morgan fingerprint density at radius 3 is 2.14 bits per heavy atom. The van der Waals surface area contributed by atoms with Crippen molar-refractivity contribution >= 4 is 11.6 Å². The van der Waals surface area contributed by atoms with E-state index in [1.54, 1.807) is 0 Å². The van der Waals surface area contributed by atoms with Gasteiger partial charge < -0.3 is 0 Å². The van der Waals surface area contributed by atoms with Crippen LogP contribution in [0.5, 0.6) is 0 Å². The number of hydrogen-bond donors (Lipinski definition) is 0. The maximum absolute atomic E-state index is 13.0. The van der Waals surface area contributed by atoms with Crippen molar-refractivity contribution in [3.05, 3.63) is 71.8 Å². The molecule has 2 nitrogen and oxygen atoms in total. The Balaban J connectivity index is 1.98. The molecule has 0 N–H and O–H groups in total. The molecule has 0 bridgehead atoms. The van der Waals surface area contributed by atoms with Crippen molar-refractivity contribution in [1.29, 1.82) is 0 Å². The molecule has 0 aliphatic heterocycles. The van der Waals surface area contributed by atoms with Gasteiger partial charge >= 0.3 is 0 Å². The van der Waals surface area contributed by atoms with Crippen LogP contribution in [-0.4, -0.2) is 11.6 Å². The van der Waals surface area contributed by atoms with Crippen molar-refractivity contribution in [2.75, 3.05) is 0 Å². The van der Waals surface area contributed by atoms with Crippen molar-refractivity contribution < 1.29 is 9.59 Å². The summed E-state index contributed by atoms with van der Waals surface area (Å²) in [5.74, 6) is 0.375. The first kappa shape index (κ1) is 14.7. The first-order valence-electron chi connectivity index (χ1n) is 7.82. The predicted octanol–water partition coefficient (Wildman–Crippen LogP) is 4.27. The summed E-state index contributed by atoms with van der Waals surface area (Å²) in [4.78, 5) is 25.0. The summed E-state index contributed by atoms with van der Waals surface area (Å²) < 4.78 is 0. The third kappa shape index (κ3) is 2.87. The summed E-state index contributed by atoms with van der Waals surface area (Å²) in [5, 5.41) is 0. The summed E-state index contributed by atoms with van der Waals surface area (Å²) in [6.07, 6.45) is 0.976. The van der Waals surface area contributed by atoms with Gasteiger partial charge in [-0.3, -0.25) is 9.59 Å². The maximum Gasteiger partial charge on any atom is 0.166 e. The van der Waals surface area contributed by atoms with E-state index in [9.17, 15) is 9.59 Å². The largest absolute Gasteiger partial charge is 0.300 e. The van der Waals surface area contributed by atoms with Gasteiger partial charge in [0.05, 0.1) is 0 Å². The van der Waals surface area contributed by atoms with Crippen molar-refractivity contribution in [3.8, 4) is 0 Å². The zero-order valence-electron chi connectivity index (χ0n) is 12.7. The molecule has 1 aliphatic carbocycles. The number of carbonyl (C=O) groups excluding carboxylic acids is 2. The molecule has 1 fully saturated rings. The lowest BCUT2D eigenvalue weighted by Gasteiger charge is -2.35. The average Bonchev–Trinajstić information content (AvgIpc) is 2.55. The molecule has 3 rings (SSSR count). The van der Waals surface area contributed by atoms with Crippen LogP contribution in [0.25, 0.3) is 0 Å². The summed E-state index contributed by atoms with van der Waals surface area (Å²) in [7, 11) is 0. The molecular formula is C20H20O2. The third-order valence-electron chi connectivity index (χ3n) is 4.63. The Morgan fingerprint density at radius 1 is 0.909 bits per heavy atom. The SMILES string of the molecule is CC1CC(=O)CC(c2ccccc2)C1C(=O)c1ccccc1. The maximum atomic E-state index is 13.0. The van der Waals surface area contributed by atoms with Gasteiger partial charge in [0.25, 0.3) is 0 Å². The van der Waals surface area contributed by atoms with E-state index in [0.29, 0.717) is 12.8 Å². The van der Waals surface area contributed by atoms with Crippen LogP contribution in [0.15, 0.2) is 60.7 Å². The zero-order chi connectivity index (χ0) is 15.5. The molecule has 0 heterocycles. The van der Waals surface area contributed by atoms with Gasteiger partial charge in [-0.1, -0.05) is 67.6 Å². The van der Waals surface area contributed by atoms with Gasteiger partial charge in [-0.05, 0) is 11.5 Å². The molecule has 0 radical (unpaired) electrons. The number of rotatable bonds is 3. The molecule has 2 heteroatoms. The van der Waals surface area contributed by atoms with Gasteiger partial charge in [-0.25, -0.2) is 0 Å². The molecule has 3 unspecified atom stereocenters. The fraction of sp³-hybridized carbons (Fsp3) is 0.300. The molecule has 112 valence electrons. The Morgan fingerprint density at radius 2 is 1.50 bits per heavy atom. The minimum Gasteiger partial charge on any atom is -0.300 e. The van der Waals surface area contributed by atoms with Crippen LogP contribution in [0.2, 0.25) is 0 Å². The Kier molecular flexibility index (Phi) is 4.19. The average molecular weight is 292 g/mol. The highest BCUT2D eigenvalue weighted by atomic mass is 16.1. The Labute approximate surface area is 131 Å². The highest BCUT2D eigenvalue weighted by Crippen LogP contribution is 2.41. The van der Waals surface area contributed by atoms with Crippen LogP contribution in [0.3, 0.4) is 0 Å². The monoisotopic (exact) mass is 292 g/mol. The summed E-state index contributed by atoms with van der Waals surface area (Å²) >= 11 is 0. The summed E-state index contributed by atoms with van der Waals surface area (Å²) in [5.41, 5.74) is 1.84. The summed E-state index contributed by atoms with van der Waals surface area (Å²) in [6, 6.07) is 19.4. The minimum absolute atomic E-state index is 0.00911. The first-order chi connectivity index (χ1) is 10.7. The van der Waals surface area contributed by atoms with Crippen molar-refractivity contribution in [2.24, 2.45) is 11.8 Å². The lowest BCUT2D eigenvalue weighted by atomic mass is 9.67. The van der Waals surface area contributed by atoms with Crippen LogP contribution in [-0.2, 0) is 4.79 Å². The number of carbonyl (C=O) groups is 2. The number of hydrogen-bond acceptors (Lipinski definition) is 2. The van der Waals surface area contributed by atoms with Crippen LogP contribution in [0, 0.1) is 11.8 Å². The molecule has 0 aromatic heterocycles. The molecule has 1 aliphatic rings. The molecule has 1 saturated carbocycles. The second-order valence-electron chi connectivity index (χ2n) is 6.20. The quantitative estimate of drug-likeness (QED) is 0.792. The summed E-state index contributed by atoms with van der Waals surface area (Å²) in [6.45, 7) is 2.03. The molecule has 2 aromatic carbocycles. The molecule has 0 saturated heterocycles. The normalized spacial score (nSPS) is 25.0. The smallest absolute Gasteiger partial charge is 0.166 e. The van der Waals surface area contributed by atoms with Crippen LogP contribution < -0.4 is 0 Å². The molecule has 3 atom stereocenters. The van der Waals surface area contributed by atoms with E-state index in [1.165, 1.54) is 0 Å². The van der Waals surface area contributed by atoms with E-state index in [2.05, 4.69) is 0 Å². The van der Waals surface area contributed by atoms with Gasteiger partial charge in [0.2, 0.25) is 0 Å². The van der Waals surface area contributed by atoms with Crippen molar-refractivity contribution in [1.82, 2.24) is 0 Å². The van der Waals surface area contributed by atoms with Gasteiger partial charge in [-0.15, -0.1) is 0 Å². The topological polar surface area (TPSA) is 34.1 Å². The zero-order valence-corrected chi connectivity index (χ0v) is 12.7. The van der Waals surface area contributed by atoms with Crippen LogP contribution in [0.1, 0.15) is 41.6 Å². The van der Waals surface area contributed by atoms with E-state index in [-0.39, 0.29) is 29.3 Å². The van der Waals surface area contributed by atoms with Gasteiger partial charge in [0.1, 0.15) is 5.78 Å². The van der Waals surface area contributed by atoms with E-state index in [1.807, 2.05) is 67.6 Å². The predicted molar refractivity (Wildman–Crippen MR) is 86.9 cm³/mol.